The van der Waals surface area contributed by atoms with Gasteiger partial charge >= 0.3 is 0 Å². The normalized spacial score (nSPS) is 15.1. The molecule has 0 saturated carbocycles. The SMILES string of the molecule is C[C@H](O[Si](c1ccccc1)(c1ccccc1)C(C)(C)C)C(=O)[C@H](C)[C@@H](O)c1ccccc1. The zero-order chi connectivity index (χ0) is 23.4. The summed E-state index contributed by atoms with van der Waals surface area (Å²) >= 11 is 0. The number of aliphatic hydroxyl groups excluding tert-OH is 1. The van der Waals surface area contributed by atoms with Crippen molar-refractivity contribution in [2.45, 2.75) is 51.9 Å². The van der Waals surface area contributed by atoms with Crippen LogP contribution in [0.5, 0.6) is 0 Å². The van der Waals surface area contributed by atoms with Gasteiger partial charge in [-0.15, -0.1) is 0 Å². The van der Waals surface area contributed by atoms with E-state index in [-0.39, 0.29) is 10.8 Å². The minimum Gasteiger partial charge on any atom is -0.398 e. The summed E-state index contributed by atoms with van der Waals surface area (Å²) in [6.07, 6.45) is -1.52. The summed E-state index contributed by atoms with van der Waals surface area (Å²) in [7, 11) is -2.84. The molecule has 0 aliphatic heterocycles. The number of Topliss-reactive ketones (excluding diaryl/α,β-unsaturated/α-hetero) is 1. The number of hydrogen-bond acceptors (Lipinski definition) is 3. The third-order valence-corrected chi connectivity index (χ3v) is 11.3. The largest absolute Gasteiger partial charge is 0.398 e. The van der Waals surface area contributed by atoms with Crippen LogP contribution in [0.15, 0.2) is 91.0 Å². The van der Waals surface area contributed by atoms with Crippen LogP contribution in [-0.2, 0) is 9.22 Å². The van der Waals surface area contributed by atoms with Gasteiger partial charge in [0.05, 0.1) is 6.10 Å². The van der Waals surface area contributed by atoms with E-state index in [4.69, 9.17) is 4.43 Å². The molecule has 0 radical (unpaired) electrons. The lowest BCUT2D eigenvalue weighted by Gasteiger charge is -2.44. The van der Waals surface area contributed by atoms with Crippen LogP contribution >= 0.6 is 0 Å². The molecule has 1 N–H and O–H groups in total. The van der Waals surface area contributed by atoms with Gasteiger partial charge < -0.3 is 9.53 Å². The number of aliphatic hydroxyl groups is 1. The van der Waals surface area contributed by atoms with Crippen LogP contribution in [0.4, 0.5) is 0 Å². The summed E-state index contributed by atoms with van der Waals surface area (Å²) in [5.74, 6) is -0.667. The molecule has 0 heterocycles. The quantitative estimate of drug-likeness (QED) is 0.501. The summed E-state index contributed by atoms with van der Waals surface area (Å²) in [4.78, 5) is 13.5. The summed E-state index contributed by atoms with van der Waals surface area (Å²) in [6, 6.07) is 29.9. The lowest BCUT2D eigenvalue weighted by atomic mass is 9.92. The molecule has 0 aliphatic carbocycles. The van der Waals surface area contributed by atoms with Crippen LogP contribution in [0.3, 0.4) is 0 Å². The molecule has 0 bridgehead atoms. The fourth-order valence-corrected chi connectivity index (χ4v) is 9.14. The zero-order valence-corrected chi connectivity index (χ0v) is 20.7. The third-order valence-electron chi connectivity index (χ3n) is 6.23. The molecule has 0 aromatic heterocycles. The number of rotatable bonds is 8. The smallest absolute Gasteiger partial charge is 0.262 e. The van der Waals surface area contributed by atoms with E-state index in [0.29, 0.717) is 0 Å². The van der Waals surface area contributed by atoms with Gasteiger partial charge in [-0.05, 0) is 27.9 Å². The average molecular weight is 447 g/mol. The highest BCUT2D eigenvalue weighted by atomic mass is 28.4. The molecule has 0 fully saturated rings. The van der Waals surface area contributed by atoms with Crippen LogP contribution < -0.4 is 10.4 Å². The number of carbonyl (C=O) groups is 1. The predicted octanol–water partition coefficient (Wildman–Crippen LogP) is 4.89. The molecule has 0 unspecified atom stereocenters. The Labute approximate surface area is 193 Å². The molecular formula is C28H34O3Si. The summed E-state index contributed by atoms with van der Waals surface area (Å²) in [6.45, 7) is 10.2. The Bertz CT molecular complexity index is 958. The maximum Gasteiger partial charge on any atom is 0.262 e. The minimum atomic E-state index is -2.84. The fourth-order valence-electron chi connectivity index (χ4n) is 4.48. The van der Waals surface area contributed by atoms with Crippen molar-refractivity contribution in [2.24, 2.45) is 5.92 Å². The Morgan fingerprint density at radius 2 is 1.19 bits per heavy atom. The third kappa shape index (κ3) is 4.78. The van der Waals surface area contributed by atoms with Gasteiger partial charge in [-0.2, -0.15) is 0 Å². The van der Waals surface area contributed by atoms with Gasteiger partial charge in [0.1, 0.15) is 6.10 Å². The molecule has 3 aromatic carbocycles. The van der Waals surface area contributed by atoms with Crippen molar-refractivity contribution in [1.29, 1.82) is 0 Å². The van der Waals surface area contributed by atoms with Crippen molar-refractivity contribution in [1.82, 2.24) is 0 Å². The van der Waals surface area contributed by atoms with Gasteiger partial charge in [0.25, 0.3) is 8.32 Å². The molecule has 168 valence electrons. The first kappa shape index (κ1) is 24.1. The second-order valence-corrected chi connectivity index (χ2v) is 13.7. The monoisotopic (exact) mass is 446 g/mol. The van der Waals surface area contributed by atoms with E-state index in [0.717, 1.165) is 15.9 Å². The number of carbonyl (C=O) groups excluding carboxylic acids is 1. The Morgan fingerprint density at radius 3 is 1.59 bits per heavy atom. The highest BCUT2D eigenvalue weighted by Gasteiger charge is 2.52. The summed E-state index contributed by atoms with van der Waals surface area (Å²) in [5, 5.41) is 12.9. The van der Waals surface area contributed by atoms with Gasteiger partial charge in [0, 0.05) is 5.92 Å². The van der Waals surface area contributed by atoms with E-state index in [1.54, 1.807) is 6.92 Å². The van der Waals surface area contributed by atoms with E-state index in [1.165, 1.54) is 0 Å². The highest BCUT2D eigenvalue weighted by molar-refractivity contribution is 6.99. The van der Waals surface area contributed by atoms with E-state index in [2.05, 4.69) is 45.0 Å². The number of hydrogen-bond donors (Lipinski definition) is 1. The first-order valence-electron chi connectivity index (χ1n) is 11.2. The maximum absolute atomic E-state index is 13.5. The highest BCUT2D eigenvalue weighted by Crippen LogP contribution is 2.38. The van der Waals surface area contributed by atoms with Crippen LogP contribution in [0.25, 0.3) is 0 Å². The second-order valence-electron chi connectivity index (χ2n) is 9.47. The first-order chi connectivity index (χ1) is 15.2. The Kier molecular flexibility index (Phi) is 7.50. The van der Waals surface area contributed by atoms with E-state index in [1.807, 2.05) is 73.7 Å². The van der Waals surface area contributed by atoms with Crippen LogP contribution in [0.1, 0.15) is 46.3 Å². The fraction of sp³-hybridized carbons (Fsp3) is 0.321. The molecule has 0 amide bonds. The van der Waals surface area contributed by atoms with Gasteiger partial charge in [-0.1, -0.05) is 119 Å². The molecule has 0 spiro atoms. The lowest BCUT2D eigenvalue weighted by Crippen LogP contribution is -2.68. The second kappa shape index (κ2) is 9.95. The van der Waals surface area contributed by atoms with Crippen molar-refractivity contribution in [3.05, 3.63) is 96.6 Å². The van der Waals surface area contributed by atoms with E-state index in [9.17, 15) is 9.90 Å². The Balaban J connectivity index is 2.00. The Morgan fingerprint density at radius 1 is 0.781 bits per heavy atom. The minimum absolute atomic E-state index is 0.0886. The van der Waals surface area contributed by atoms with Crippen molar-refractivity contribution in [3.63, 3.8) is 0 Å². The summed E-state index contributed by atoms with van der Waals surface area (Å²) in [5.41, 5.74) is 0.742. The number of benzene rings is 3. The predicted molar refractivity (Wildman–Crippen MR) is 134 cm³/mol. The van der Waals surface area contributed by atoms with Gasteiger partial charge in [-0.3, -0.25) is 4.79 Å². The topological polar surface area (TPSA) is 46.5 Å². The van der Waals surface area contributed by atoms with Crippen molar-refractivity contribution < 1.29 is 14.3 Å². The molecule has 3 aromatic rings. The maximum atomic E-state index is 13.5. The van der Waals surface area contributed by atoms with Gasteiger partial charge in [0.2, 0.25) is 0 Å². The van der Waals surface area contributed by atoms with Gasteiger partial charge in [-0.25, -0.2) is 0 Å². The molecule has 3 rings (SSSR count). The molecule has 32 heavy (non-hydrogen) atoms. The standard InChI is InChI=1S/C28H34O3Si/c1-21(27(30)23-15-9-6-10-16-23)26(29)22(2)31-32(28(3,4)5,24-17-11-7-12-18-24)25-19-13-8-14-20-25/h6-22,27,30H,1-5H3/t21-,22-,27+/m0/s1. The zero-order valence-electron chi connectivity index (χ0n) is 19.7. The molecule has 3 nitrogen and oxygen atoms in total. The first-order valence-corrected chi connectivity index (χ1v) is 13.1. The lowest BCUT2D eigenvalue weighted by molar-refractivity contribution is -0.132. The van der Waals surface area contributed by atoms with E-state index >= 15 is 0 Å². The molecule has 0 saturated heterocycles. The molecule has 0 aliphatic rings. The van der Waals surface area contributed by atoms with Crippen LogP contribution in [-0.4, -0.2) is 25.3 Å². The molecular weight excluding hydrogens is 412 g/mol. The Hall–Kier alpha value is -2.53. The van der Waals surface area contributed by atoms with Crippen LogP contribution in [0.2, 0.25) is 5.04 Å². The van der Waals surface area contributed by atoms with Crippen molar-refractivity contribution in [2.75, 3.05) is 0 Å². The van der Waals surface area contributed by atoms with Gasteiger partial charge in [0.15, 0.2) is 5.78 Å². The molecule has 4 heteroatoms. The number of ketones is 1. The van der Waals surface area contributed by atoms with E-state index < -0.39 is 26.4 Å². The molecule has 3 atom stereocenters. The van der Waals surface area contributed by atoms with Crippen LogP contribution in [0, 0.1) is 5.92 Å². The van der Waals surface area contributed by atoms with Crippen molar-refractivity contribution in [3.8, 4) is 0 Å². The summed E-state index contributed by atoms with van der Waals surface area (Å²) < 4.78 is 6.92. The average Bonchev–Trinajstić information content (AvgIpc) is 2.81. The van der Waals surface area contributed by atoms with Crippen molar-refractivity contribution >= 4 is 24.5 Å².